The molecule has 5 fully saturated rings. The number of nitrogens with zero attached hydrogens (tertiary/aromatic N) is 2. The van der Waals surface area contributed by atoms with Crippen LogP contribution < -0.4 is 10.2 Å². The van der Waals surface area contributed by atoms with Gasteiger partial charge in [-0.15, -0.1) is 0 Å². The molecule has 1 heterocycles. The number of piperazine rings is 1. The molecule has 0 aromatic heterocycles. The summed E-state index contributed by atoms with van der Waals surface area (Å²) in [7, 11) is 0. The van der Waals surface area contributed by atoms with Crippen molar-refractivity contribution in [2.24, 2.45) is 17.8 Å². The van der Waals surface area contributed by atoms with Crippen LogP contribution in [-0.2, 0) is 0 Å². The summed E-state index contributed by atoms with van der Waals surface area (Å²) in [4.78, 5) is 17.2. The van der Waals surface area contributed by atoms with Crippen LogP contribution in [0.3, 0.4) is 0 Å². The second-order valence-corrected chi connectivity index (χ2v) is 9.12. The highest BCUT2D eigenvalue weighted by atomic mass is 16.3. The molecule has 0 atom stereocenters. The summed E-state index contributed by atoms with van der Waals surface area (Å²) in [6.45, 7) is 3.22. The Morgan fingerprint density at radius 3 is 2.00 bits per heavy atom. The lowest BCUT2D eigenvalue weighted by molar-refractivity contribution is -0.0157. The summed E-state index contributed by atoms with van der Waals surface area (Å²) in [5, 5.41) is 12.9. The molecular weight excluding hydrogens is 326 g/mol. The van der Waals surface area contributed by atoms with Crippen LogP contribution in [0.4, 0.5) is 10.5 Å². The molecule has 2 N–H and O–H groups in total. The highest BCUT2D eigenvalue weighted by Crippen LogP contribution is 2.55. The molecule has 140 valence electrons. The summed E-state index contributed by atoms with van der Waals surface area (Å²) < 4.78 is 0. The Bertz CT molecular complexity index is 644. The molecule has 26 heavy (non-hydrogen) atoms. The molecule has 5 heteroatoms. The van der Waals surface area contributed by atoms with Crippen molar-refractivity contribution in [1.82, 2.24) is 10.2 Å². The number of phenolic OH excluding ortho intramolecular Hbond substituents is 1. The minimum absolute atomic E-state index is 0.0971. The summed E-state index contributed by atoms with van der Waals surface area (Å²) in [6, 6.07) is 7.49. The van der Waals surface area contributed by atoms with Crippen molar-refractivity contribution in [3.8, 4) is 5.75 Å². The van der Waals surface area contributed by atoms with E-state index < -0.39 is 0 Å². The number of hydrogen-bond donors (Lipinski definition) is 2. The average Bonchev–Trinajstić information content (AvgIpc) is 2.61. The summed E-state index contributed by atoms with van der Waals surface area (Å²) in [6.07, 6.45) is 7.83. The first-order valence-electron chi connectivity index (χ1n) is 10.2. The zero-order valence-electron chi connectivity index (χ0n) is 15.4. The van der Waals surface area contributed by atoms with Crippen LogP contribution in [-0.4, -0.2) is 47.8 Å². The van der Waals surface area contributed by atoms with E-state index >= 15 is 0 Å². The van der Waals surface area contributed by atoms with Gasteiger partial charge in [-0.05, 0) is 80.5 Å². The Hall–Kier alpha value is -1.91. The summed E-state index contributed by atoms with van der Waals surface area (Å²) in [5.41, 5.74) is 1.21. The smallest absolute Gasteiger partial charge is 0.317 e. The van der Waals surface area contributed by atoms with Gasteiger partial charge in [-0.3, -0.25) is 0 Å². The van der Waals surface area contributed by atoms with Gasteiger partial charge < -0.3 is 20.2 Å². The van der Waals surface area contributed by atoms with Crippen molar-refractivity contribution in [2.75, 3.05) is 31.1 Å². The minimum atomic E-state index is 0.0971. The first-order valence-corrected chi connectivity index (χ1v) is 10.2. The van der Waals surface area contributed by atoms with E-state index in [-0.39, 0.29) is 11.6 Å². The molecule has 6 rings (SSSR count). The van der Waals surface area contributed by atoms with E-state index in [0.717, 1.165) is 49.6 Å². The number of phenols is 1. The Balaban J connectivity index is 1.19. The zero-order valence-corrected chi connectivity index (χ0v) is 15.4. The van der Waals surface area contributed by atoms with Crippen LogP contribution in [0.5, 0.6) is 5.75 Å². The van der Waals surface area contributed by atoms with Crippen molar-refractivity contribution in [3.05, 3.63) is 24.3 Å². The number of rotatable bonds is 2. The minimum Gasteiger partial charge on any atom is -0.508 e. The first-order chi connectivity index (χ1) is 12.6. The number of carbonyl (C=O) groups is 1. The largest absolute Gasteiger partial charge is 0.508 e. The predicted octanol–water partition coefficient (Wildman–Crippen LogP) is 3.19. The van der Waals surface area contributed by atoms with Gasteiger partial charge in [-0.2, -0.15) is 0 Å². The fraction of sp³-hybridized carbons (Fsp3) is 0.667. The maximum absolute atomic E-state index is 12.9. The molecule has 1 saturated heterocycles. The van der Waals surface area contributed by atoms with E-state index in [2.05, 4.69) is 10.2 Å². The maximum atomic E-state index is 12.9. The van der Waals surface area contributed by atoms with Crippen LogP contribution >= 0.6 is 0 Å². The highest BCUT2D eigenvalue weighted by Gasteiger charge is 2.51. The molecule has 2 amide bonds. The molecule has 5 aliphatic rings. The topological polar surface area (TPSA) is 55.8 Å². The SMILES string of the molecule is O=C(NC12CC3CC(CC(C3)C1)C2)N1CCN(c2ccc(O)cc2)CC1. The van der Waals surface area contributed by atoms with Crippen molar-refractivity contribution in [3.63, 3.8) is 0 Å². The Kier molecular flexibility index (Phi) is 3.80. The van der Waals surface area contributed by atoms with Crippen LogP contribution in [0.2, 0.25) is 0 Å². The third-order valence-electron chi connectivity index (χ3n) is 7.19. The molecule has 4 aliphatic carbocycles. The van der Waals surface area contributed by atoms with Gasteiger partial charge in [0.15, 0.2) is 0 Å². The van der Waals surface area contributed by atoms with Crippen LogP contribution in [0.25, 0.3) is 0 Å². The lowest BCUT2D eigenvalue weighted by Gasteiger charge is -2.57. The van der Waals surface area contributed by atoms with E-state index in [1.165, 1.54) is 38.5 Å². The highest BCUT2D eigenvalue weighted by molar-refractivity contribution is 5.75. The Morgan fingerprint density at radius 2 is 1.46 bits per heavy atom. The predicted molar refractivity (Wildman–Crippen MR) is 101 cm³/mol. The molecular formula is C21H29N3O2. The monoisotopic (exact) mass is 355 g/mol. The standard InChI is InChI=1S/C21H29N3O2/c25-19-3-1-18(2-4-19)23-5-7-24(8-6-23)20(26)22-21-12-15-9-16(13-21)11-17(10-15)14-21/h1-4,15-17,25H,5-14H2,(H,22,26). The van der Waals surface area contributed by atoms with Gasteiger partial charge in [0.2, 0.25) is 0 Å². The van der Waals surface area contributed by atoms with Gasteiger partial charge in [-0.25, -0.2) is 4.79 Å². The molecule has 5 nitrogen and oxygen atoms in total. The van der Waals surface area contributed by atoms with Gasteiger partial charge in [0.1, 0.15) is 5.75 Å². The molecule has 0 unspecified atom stereocenters. The summed E-state index contributed by atoms with van der Waals surface area (Å²) >= 11 is 0. The van der Waals surface area contributed by atoms with E-state index in [0.29, 0.717) is 5.75 Å². The number of anilines is 1. The number of urea groups is 1. The van der Waals surface area contributed by atoms with Crippen molar-refractivity contribution >= 4 is 11.7 Å². The van der Waals surface area contributed by atoms with Gasteiger partial charge in [0, 0.05) is 37.4 Å². The van der Waals surface area contributed by atoms with Gasteiger partial charge >= 0.3 is 6.03 Å². The molecule has 0 radical (unpaired) electrons. The fourth-order valence-corrected chi connectivity index (χ4v) is 6.40. The number of hydrogen-bond acceptors (Lipinski definition) is 3. The number of amides is 2. The number of benzene rings is 1. The van der Waals surface area contributed by atoms with E-state index in [1.54, 1.807) is 12.1 Å². The first kappa shape index (κ1) is 16.3. The number of aromatic hydroxyl groups is 1. The van der Waals surface area contributed by atoms with Crippen LogP contribution in [0, 0.1) is 17.8 Å². The van der Waals surface area contributed by atoms with Crippen LogP contribution in [0.15, 0.2) is 24.3 Å². The normalized spacial score (nSPS) is 35.6. The third kappa shape index (κ3) is 2.91. The van der Waals surface area contributed by atoms with E-state index in [1.807, 2.05) is 17.0 Å². The lowest BCUT2D eigenvalue weighted by Crippen LogP contribution is -2.63. The zero-order chi connectivity index (χ0) is 17.7. The van der Waals surface area contributed by atoms with Gasteiger partial charge in [-0.1, -0.05) is 0 Å². The second-order valence-electron chi connectivity index (χ2n) is 9.12. The van der Waals surface area contributed by atoms with Crippen molar-refractivity contribution < 1.29 is 9.90 Å². The molecule has 1 aromatic rings. The molecule has 1 aliphatic heterocycles. The van der Waals surface area contributed by atoms with Gasteiger partial charge in [0.25, 0.3) is 0 Å². The second kappa shape index (κ2) is 6.07. The number of carbonyl (C=O) groups excluding carboxylic acids is 1. The van der Waals surface area contributed by atoms with E-state index in [4.69, 9.17) is 0 Å². The van der Waals surface area contributed by atoms with Crippen molar-refractivity contribution in [2.45, 2.75) is 44.1 Å². The number of nitrogens with one attached hydrogen (secondary N) is 1. The average molecular weight is 355 g/mol. The van der Waals surface area contributed by atoms with Crippen LogP contribution in [0.1, 0.15) is 38.5 Å². The summed E-state index contributed by atoms with van der Waals surface area (Å²) in [5.74, 6) is 2.86. The Labute approximate surface area is 155 Å². The lowest BCUT2D eigenvalue weighted by atomic mass is 9.53. The Morgan fingerprint density at radius 1 is 0.923 bits per heavy atom. The van der Waals surface area contributed by atoms with Crippen molar-refractivity contribution in [1.29, 1.82) is 0 Å². The van der Waals surface area contributed by atoms with Gasteiger partial charge in [0.05, 0.1) is 0 Å². The molecule has 4 saturated carbocycles. The molecule has 1 aromatic carbocycles. The maximum Gasteiger partial charge on any atom is 0.317 e. The quantitative estimate of drug-likeness (QED) is 0.857. The molecule has 0 spiro atoms. The fourth-order valence-electron chi connectivity index (χ4n) is 6.40. The van der Waals surface area contributed by atoms with E-state index in [9.17, 15) is 9.90 Å². The molecule has 4 bridgehead atoms. The third-order valence-corrected chi connectivity index (χ3v) is 7.19.